The highest BCUT2D eigenvalue weighted by molar-refractivity contribution is 5.76. The van der Waals surface area contributed by atoms with Crippen molar-refractivity contribution in [3.8, 4) is 0 Å². The van der Waals surface area contributed by atoms with Crippen molar-refractivity contribution in [2.75, 3.05) is 0 Å². The van der Waals surface area contributed by atoms with Crippen LogP contribution in [-0.4, -0.2) is 10.9 Å². The van der Waals surface area contributed by atoms with E-state index in [0.717, 1.165) is 30.6 Å². The summed E-state index contributed by atoms with van der Waals surface area (Å²) in [6, 6.07) is 3.07. The van der Waals surface area contributed by atoms with Gasteiger partial charge in [0.05, 0.1) is 0 Å². The first kappa shape index (κ1) is 10.0. The van der Waals surface area contributed by atoms with E-state index in [4.69, 9.17) is 0 Å². The summed E-state index contributed by atoms with van der Waals surface area (Å²) in [7, 11) is 0. The van der Waals surface area contributed by atoms with Crippen LogP contribution in [0.15, 0.2) is 0 Å². The molecular formula is C11H16NO. The fourth-order valence-corrected chi connectivity index (χ4v) is 1.52. The van der Waals surface area contributed by atoms with Crippen LogP contribution >= 0.6 is 0 Å². The zero-order valence-electron chi connectivity index (χ0n) is 8.55. The fourth-order valence-electron chi connectivity index (χ4n) is 1.52. The van der Waals surface area contributed by atoms with E-state index < -0.39 is 0 Å². The highest BCUT2D eigenvalue weighted by Gasteiger charge is 2.07. The Kier molecular flexibility index (Phi) is 3.29. The van der Waals surface area contributed by atoms with Crippen LogP contribution in [0.2, 0.25) is 0 Å². The molecule has 0 aliphatic carbocycles. The summed E-state index contributed by atoms with van der Waals surface area (Å²) >= 11 is 0. The minimum atomic E-state index is 0.702. The molecule has 0 atom stereocenters. The van der Waals surface area contributed by atoms with Crippen LogP contribution in [0, 0.1) is 19.9 Å². The molecule has 0 saturated carbocycles. The SMILES string of the molecule is CCCCn1c(C)[c]c(C=O)c1C. The third-order valence-corrected chi connectivity index (χ3v) is 2.37. The lowest BCUT2D eigenvalue weighted by molar-refractivity contribution is 0.112. The van der Waals surface area contributed by atoms with Gasteiger partial charge < -0.3 is 4.57 Å². The van der Waals surface area contributed by atoms with Crippen LogP contribution in [0.4, 0.5) is 0 Å². The number of nitrogens with zero attached hydrogens (tertiary/aromatic N) is 1. The van der Waals surface area contributed by atoms with Crippen molar-refractivity contribution in [3.05, 3.63) is 23.0 Å². The Morgan fingerprint density at radius 2 is 2.15 bits per heavy atom. The maximum absolute atomic E-state index is 10.6. The molecule has 0 aromatic carbocycles. The molecule has 1 aromatic rings. The van der Waals surface area contributed by atoms with Gasteiger partial charge in [-0.15, -0.1) is 0 Å². The number of hydrogen-bond acceptors (Lipinski definition) is 1. The lowest BCUT2D eigenvalue weighted by Gasteiger charge is -2.07. The number of aryl methyl sites for hydroxylation is 1. The molecule has 0 aliphatic heterocycles. The van der Waals surface area contributed by atoms with Crippen molar-refractivity contribution < 1.29 is 4.79 Å². The molecule has 0 aliphatic rings. The Balaban J connectivity index is 2.91. The first-order valence-corrected chi connectivity index (χ1v) is 4.74. The predicted octanol–water partition coefficient (Wildman–Crippen LogP) is 2.52. The number of carbonyl (C=O) groups excluding carboxylic acids is 1. The number of carbonyl (C=O) groups is 1. The molecule has 0 unspecified atom stereocenters. The molecule has 71 valence electrons. The van der Waals surface area contributed by atoms with E-state index in [2.05, 4.69) is 17.6 Å². The van der Waals surface area contributed by atoms with Gasteiger partial charge >= 0.3 is 0 Å². The summed E-state index contributed by atoms with van der Waals surface area (Å²) in [6.45, 7) is 7.13. The number of aldehydes is 1. The van der Waals surface area contributed by atoms with E-state index in [0.29, 0.717) is 5.56 Å². The second-order valence-electron chi connectivity index (χ2n) is 3.33. The van der Waals surface area contributed by atoms with E-state index in [-0.39, 0.29) is 0 Å². The normalized spacial score (nSPS) is 10.4. The molecule has 2 heteroatoms. The maximum Gasteiger partial charge on any atom is 0.152 e. The van der Waals surface area contributed by atoms with Crippen molar-refractivity contribution in [3.63, 3.8) is 0 Å². The molecule has 1 rings (SSSR count). The van der Waals surface area contributed by atoms with Gasteiger partial charge in [-0.25, -0.2) is 0 Å². The van der Waals surface area contributed by atoms with Gasteiger partial charge in [0, 0.05) is 29.6 Å². The Hall–Kier alpha value is -1.05. The second kappa shape index (κ2) is 4.26. The summed E-state index contributed by atoms with van der Waals surface area (Å²) in [6.07, 6.45) is 3.21. The Morgan fingerprint density at radius 1 is 1.46 bits per heavy atom. The minimum absolute atomic E-state index is 0.702. The zero-order valence-corrected chi connectivity index (χ0v) is 8.55. The lowest BCUT2D eigenvalue weighted by Crippen LogP contribution is -2.02. The topological polar surface area (TPSA) is 22.0 Å². The first-order valence-electron chi connectivity index (χ1n) is 4.74. The molecule has 13 heavy (non-hydrogen) atoms. The maximum atomic E-state index is 10.6. The summed E-state index contributed by atoms with van der Waals surface area (Å²) in [5.41, 5.74) is 2.81. The van der Waals surface area contributed by atoms with Gasteiger partial charge in [0.15, 0.2) is 6.29 Å². The number of unbranched alkanes of at least 4 members (excludes halogenated alkanes) is 1. The number of rotatable bonds is 4. The monoisotopic (exact) mass is 178 g/mol. The molecule has 0 fully saturated rings. The van der Waals surface area contributed by atoms with Crippen LogP contribution < -0.4 is 0 Å². The molecule has 1 heterocycles. The molecule has 0 saturated heterocycles. The van der Waals surface area contributed by atoms with E-state index in [1.54, 1.807) is 0 Å². The van der Waals surface area contributed by atoms with Gasteiger partial charge in [0.25, 0.3) is 0 Å². The molecule has 0 amide bonds. The molecular weight excluding hydrogens is 162 g/mol. The molecule has 0 bridgehead atoms. The van der Waals surface area contributed by atoms with E-state index in [9.17, 15) is 4.79 Å². The minimum Gasteiger partial charge on any atom is -0.348 e. The van der Waals surface area contributed by atoms with Crippen molar-refractivity contribution in [1.29, 1.82) is 0 Å². The predicted molar refractivity (Wildman–Crippen MR) is 53.0 cm³/mol. The van der Waals surface area contributed by atoms with Gasteiger partial charge in [-0.3, -0.25) is 4.79 Å². The number of hydrogen-bond donors (Lipinski definition) is 0. The van der Waals surface area contributed by atoms with Crippen molar-refractivity contribution in [2.24, 2.45) is 0 Å². The second-order valence-corrected chi connectivity index (χ2v) is 3.33. The first-order chi connectivity index (χ1) is 6.20. The summed E-state index contributed by atoms with van der Waals surface area (Å²) in [5, 5.41) is 0. The molecule has 0 N–H and O–H groups in total. The van der Waals surface area contributed by atoms with Gasteiger partial charge in [0.1, 0.15) is 0 Å². The molecule has 1 aromatic heterocycles. The Bertz CT molecular complexity index is 299. The summed E-state index contributed by atoms with van der Waals surface area (Å²) < 4.78 is 2.16. The van der Waals surface area contributed by atoms with Gasteiger partial charge in [-0.2, -0.15) is 0 Å². The van der Waals surface area contributed by atoms with Gasteiger partial charge in [0.2, 0.25) is 0 Å². The lowest BCUT2D eigenvalue weighted by atomic mass is 10.3. The van der Waals surface area contributed by atoms with Gasteiger partial charge in [-0.05, 0) is 20.3 Å². The largest absolute Gasteiger partial charge is 0.348 e. The fraction of sp³-hybridized carbons (Fsp3) is 0.545. The molecule has 2 nitrogen and oxygen atoms in total. The Morgan fingerprint density at radius 3 is 2.62 bits per heavy atom. The third kappa shape index (κ3) is 2.00. The van der Waals surface area contributed by atoms with Crippen LogP contribution in [0.25, 0.3) is 0 Å². The smallest absolute Gasteiger partial charge is 0.152 e. The van der Waals surface area contributed by atoms with E-state index >= 15 is 0 Å². The standard InChI is InChI=1S/C11H16NO/c1-4-5-6-12-9(2)7-11(8-13)10(12)3/h8H,4-6H2,1-3H3. The quantitative estimate of drug-likeness (QED) is 0.649. The third-order valence-electron chi connectivity index (χ3n) is 2.37. The van der Waals surface area contributed by atoms with E-state index in [1.807, 2.05) is 13.8 Å². The highest BCUT2D eigenvalue weighted by Crippen LogP contribution is 2.13. The average Bonchev–Trinajstić information content (AvgIpc) is 2.39. The molecule has 0 spiro atoms. The Labute approximate surface area is 79.6 Å². The number of aromatic nitrogens is 1. The van der Waals surface area contributed by atoms with Crippen LogP contribution in [0.3, 0.4) is 0 Å². The summed E-state index contributed by atoms with van der Waals surface area (Å²) in [4.78, 5) is 10.6. The van der Waals surface area contributed by atoms with E-state index in [1.165, 1.54) is 6.42 Å². The van der Waals surface area contributed by atoms with Crippen LogP contribution in [0.5, 0.6) is 0 Å². The van der Waals surface area contributed by atoms with Crippen molar-refractivity contribution in [2.45, 2.75) is 40.2 Å². The van der Waals surface area contributed by atoms with Gasteiger partial charge in [-0.1, -0.05) is 13.3 Å². The molecule has 1 radical (unpaired) electrons. The van der Waals surface area contributed by atoms with Crippen LogP contribution in [0.1, 0.15) is 41.5 Å². The van der Waals surface area contributed by atoms with Crippen molar-refractivity contribution >= 4 is 6.29 Å². The van der Waals surface area contributed by atoms with Crippen LogP contribution in [-0.2, 0) is 6.54 Å². The highest BCUT2D eigenvalue weighted by atomic mass is 16.1. The summed E-state index contributed by atoms with van der Waals surface area (Å²) in [5.74, 6) is 0. The van der Waals surface area contributed by atoms with Crippen molar-refractivity contribution in [1.82, 2.24) is 4.57 Å². The average molecular weight is 178 g/mol. The zero-order chi connectivity index (χ0) is 9.84.